The Morgan fingerprint density at radius 1 is 0.326 bits per heavy atom. The number of nitro groups is 3. The van der Waals surface area contributed by atoms with Crippen molar-refractivity contribution in [3.63, 3.8) is 0 Å². The van der Waals surface area contributed by atoms with Crippen LogP contribution in [-0.2, 0) is 13.1 Å². The van der Waals surface area contributed by atoms with Gasteiger partial charge in [-0.15, -0.1) is 0 Å². The van der Waals surface area contributed by atoms with Crippen molar-refractivity contribution in [2.45, 2.75) is 13.1 Å². The molecule has 0 radical (unpaired) electrons. The number of urea groups is 1. The molecule has 7 amide bonds. The molecule has 718 valence electrons. The molecule has 0 saturated carbocycles. The van der Waals surface area contributed by atoms with Crippen LogP contribution in [0.4, 0.5) is 76.9 Å². The molecule has 0 unspecified atom stereocenters. The summed E-state index contributed by atoms with van der Waals surface area (Å²) in [5, 5.41) is 101. The van der Waals surface area contributed by atoms with E-state index in [-0.39, 0.29) is 57.8 Å². The van der Waals surface area contributed by atoms with Gasteiger partial charge in [-0.2, -0.15) is 26.3 Å². The number of carbonyl (C=O) groups excluding carboxylic acids is 8. The highest BCUT2D eigenvalue weighted by Crippen LogP contribution is 2.22. The molecule has 14 N–H and O–H groups in total. The monoisotopic (exact) mass is 1970 g/mol. The number of ether oxygens (including phenoxy) is 2. The molecule has 38 nitrogen and oxygen atoms in total. The van der Waals surface area contributed by atoms with Crippen LogP contribution >= 0.6 is 23.2 Å². The average molecular weight is 1970 g/mol. The fourth-order valence-electron chi connectivity index (χ4n) is 10.8. The molecule has 2 heterocycles. The van der Waals surface area contributed by atoms with E-state index in [0.29, 0.717) is 120 Å². The second-order valence-corrected chi connectivity index (χ2v) is 28.9. The Hall–Kier alpha value is -21.0. The zero-order valence-electron chi connectivity index (χ0n) is 75.1. The van der Waals surface area contributed by atoms with Crippen molar-refractivity contribution < 1.29 is 72.5 Å². The van der Waals surface area contributed by atoms with Gasteiger partial charge in [0.05, 0.1) is 78.5 Å². The highest BCUT2D eigenvalue weighted by atomic mass is 35.5. The first-order valence-corrected chi connectivity index (χ1v) is 42.3. The quantitative estimate of drug-likeness (QED) is 0.0146. The van der Waals surface area contributed by atoms with E-state index >= 15 is 0 Å². The number of aromatic carboxylic acids is 1. The molecule has 13 aromatic carbocycles. The molecule has 15 rings (SSSR count). The Morgan fingerprint density at radius 2 is 0.583 bits per heavy atom. The molecule has 0 aliphatic heterocycles. The van der Waals surface area contributed by atoms with Crippen LogP contribution < -0.4 is 63.9 Å². The van der Waals surface area contributed by atoms with Gasteiger partial charge in [-0.3, -0.25) is 69.6 Å². The predicted molar refractivity (Wildman–Crippen MR) is 539 cm³/mol. The zero-order valence-corrected chi connectivity index (χ0v) is 76.6. The number of nitrogens with one attached hydrogen (secondary N) is 7. The summed E-state index contributed by atoms with van der Waals surface area (Å²) in [5.41, 5.74) is 26.8. The van der Waals surface area contributed by atoms with Gasteiger partial charge in [-0.25, -0.2) is 19.2 Å². The largest absolute Gasteiger partial charge is 0.478 e. The van der Waals surface area contributed by atoms with Crippen LogP contribution in [0.3, 0.4) is 0 Å². The highest BCUT2D eigenvalue weighted by Gasteiger charge is 2.16. The zero-order chi connectivity index (χ0) is 105. The normalized spacial score (nSPS) is 9.46. The fourth-order valence-corrected chi connectivity index (χ4v) is 11.0. The summed E-state index contributed by atoms with van der Waals surface area (Å²) in [4.78, 5) is 140. The molecule has 0 spiro atoms. The standard InChI is InChI=1S/C21H17N5O2.C21H15N3O3.C14H9N3O3.C14H11N3O.C7H4ClNO3.C7H5ClO2.C7H6N2.C7H5NO4.C6H8N2/c22-13-15-1-5-18(6-2-15)25-20(27)17-3-7-19(8-4-17)26-21(28)24-14-16-9-11-23-12-10-16;22-14-15-6-10-17(11-7-15)23-20(25)16-8-12-18(13-9-16)24-21(26)27-19-4-2-1-3-5-19;15-9-10-1-5-12(6-2-10)16-14(18)11-3-7-13(8-4-11)17(19)20;15-9-10-1-7-13(8-2-10)17-14(18)11-3-5-12(16)6-4-11;8-7(10)5-1-3-6(4-2-5)9(11)12;8-7(9)10-6-4-2-1-3-5-6;8-5-6-1-3-7(9)4-2-6;9-7(10)5-1-3-6(4-2-5)8(11)12;7-5-6-1-3-8-4-2-6/h1-12H,14H2,(H,25,27)(H2,24,26,28);1-13H,(H,23,25)(H,24,26);1-8H,(H,16,18);1-8H,16H2,(H,17,18);1-4H;1-5H;1-4H,9H2;1-4H,(H,9,10);1-4H,5,7H2. The number of nitro benzene ring substituents is 3. The van der Waals surface area contributed by atoms with Crippen molar-refractivity contribution in [1.29, 1.82) is 26.3 Å². The number of hydrogen-bond acceptors (Lipinski definition) is 27. The van der Waals surface area contributed by atoms with Crippen molar-refractivity contribution in [3.05, 3.63) is 479 Å². The summed E-state index contributed by atoms with van der Waals surface area (Å²) in [7, 11) is 0. The number of halogens is 2. The highest BCUT2D eigenvalue weighted by molar-refractivity contribution is 6.67. The number of carbonyl (C=O) groups is 9. The van der Waals surface area contributed by atoms with Gasteiger partial charge in [0.15, 0.2) is 0 Å². The van der Waals surface area contributed by atoms with E-state index in [2.05, 4.69) is 51.9 Å². The lowest BCUT2D eigenvalue weighted by atomic mass is 10.1. The molecule has 40 heteroatoms. The number of benzene rings is 13. The van der Waals surface area contributed by atoms with Crippen molar-refractivity contribution in [1.82, 2.24) is 15.3 Å². The topological polar surface area (TPSA) is 629 Å². The maximum absolute atomic E-state index is 12.3. The number of rotatable bonds is 20. The van der Waals surface area contributed by atoms with E-state index in [9.17, 15) is 73.5 Å². The van der Waals surface area contributed by atoms with Crippen molar-refractivity contribution >= 4 is 138 Å². The number of carboxylic acid groups (broad SMARTS) is 1. The third kappa shape index (κ3) is 41.0. The van der Waals surface area contributed by atoms with Gasteiger partial charge < -0.3 is 63.7 Å². The summed E-state index contributed by atoms with van der Waals surface area (Å²) >= 11 is 10.1. The van der Waals surface area contributed by atoms with E-state index < -0.39 is 37.5 Å². The molecule has 0 saturated heterocycles. The molecule has 15 aromatic rings. The number of anilines is 8. The fraction of sp³-hybridized carbons (Fsp3) is 0.0192. The summed E-state index contributed by atoms with van der Waals surface area (Å²) in [6, 6.07) is 102. The molecular weight excluding hydrogens is 1890 g/mol. The molecule has 0 atom stereocenters. The Kier molecular flexibility index (Phi) is 45.6. The Morgan fingerprint density at radius 3 is 0.868 bits per heavy atom. The van der Waals surface area contributed by atoms with Crippen LogP contribution in [0.1, 0.15) is 101 Å². The number of aromatic nitrogens is 2. The van der Waals surface area contributed by atoms with Gasteiger partial charge in [0.2, 0.25) is 0 Å². The number of amides is 7. The Labute approximate surface area is 830 Å². The molecule has 144 heavy (non-hydrogen) atoms. The first kappa shape index (κ1) is 110. The number of carboxylic acids is 1. The second-order valence-electron chi connectivity index (χ2n) is 28.3. The molecule has 0 bridgehead atoms. The summed E-state index contributed by atoms with van der Waals surface area (Å²) in [6.07, 6.45) is 6.19. The molecule has 0 fully saturated rings. The summed E-state index contributed by atoms with van der Waals surface area (Å²) in [6.45, 7) is 0.988. The van der Waals surface area contributed by atoms with Crippen molar-refractivity contribution in [2.24, 2.45) is 5.73 Å². The number of non-ortho nitro benzene ring substituents is 3. The molecular formula is C104H80Cl2N20O18. The number of para-hydroxylation sites is 2. The smallest absolute Gasteiger partial charge is 0.417 e. The number of nitrogens with zero attached hydrogens (tertiary/aromatic N) is 10. The number of pyridine rings is 2. The maximum Gasteiger partial charge on any atom is 0.417 e. The minimum atomic E-state index is -1.09. The van der Waals surface area contributed by atoms with Crippen LogP contribution in [0, 0.1) is 87.0 Å². The van der Waals surface area contributed by atoms with Gasteiger partial charge in [-0.1, -0.05) is 36.4 Å². The second kappa shape index (κ2) is 59.7. The van der Waals surface area contributed by atoms with Crippen LogP contribution in [0.2, 0.25) is 0 Å². The maximum atomic E-state index is 12.3. The number of nitriles is 5. The number of nitrogen functional groups attached to an aromatic ring is 2. The van der Waals surface area contributed by atoms with E-state index in [0.717, 1.165) is 23.3 Å². The van der Waals surface area contributed by atoms with E-state index in [1.54, 1.807) is 267 Å². The van der Waals surface area contributed by atoms with Crippen molar-refractivity contribution in [3.8, 4) is 41.8 Å². The minimum absolute atomic E-state index is 0.0422. The van der Waals surface area contributed by atoms with Gasteiger partial charge in [0, 0.05) is 159 Å². The van der Waals surface area contributed by atoms with Gasteiger partial charge in [-0.05, 0) is 302 Å². The van der Waals surface area contributed by atoms with E-state index in [1.807, 2.05) is 66.7 Å². The minimum Gasteiger partial charge on any atom is -0.478 e. The van der Waals surface area contributed by atoms with Crippen LogP contribution in [0.5, 0.6) is 11.5 Å². The SMILES string of the molecule is N#Cc1ccc(N)cc1.N#Cc1ccc(NC(=O)c2ccc(N)cc2)cc1.N#Cc1ccc(NC(=O)c2ccc(NC(=O)NCc3ccncc3)cc2)cc1.N#Cc1ccc(NC(=O)c2ccc(NC(=O)Oc3ccccc3)cc2)cc1.N#Cc1ccc(NC(=O)c2ccc([N+](=O)[O-])cc2)cc1.NCc1ccncc1.O=C(Cl)Oc1ccccc1.O=C(Cl)c1ccc([N+](=O)[O-])cc1.O=C(O)c1ccc([N+](=O)[O-])cc1. The third-order valence-corrected chi connectivity index (χ3v) is 18.4. The number of nitrogens with two attached hydrogens (primary N) is 3. The lowest BCUT2D eigenvalue weighted by Gasteiger charge is -2.09. The van der Waals surface area contributed by atoms with Crippen LogP contribution in [0.25, 0.3) is 0 Å². The first-order valence-electron chi connectivity index (χ1n) is 41.6. The Bertz CT molecular complexity index is 6930. The Balaban J connectivity index is 0.000000227. The van der Waals surface area contributed by atoms with E-state index in [1.165, 1.54) is 60.7 Å². The van der Waals surface area contributed by atoms with Crippen LogP contribution in [-0.4, -0.2) is 82.2 Å². The molecule has 0 aliphatic carbocycles. The average Bonchev–Trinajstić information content (AvgIpc) is 0.868. The van der Waals surface area contributed by atoms with Crippen LogP contribution in [0.15, 0.2) is 377 Å². The number of hydrogen-bond donors (Lipinski definition) is 11. The van der Waals surface area contributed by atoms with Gasteiger partial charge in [0.1, 0.15) is 11.5 Å². The van der Waals surface area contributed by atoms with Gasteiger partial charge >= 0.3 is 23.5 Å². The molecule has 0 aliphatic rings. The molecule has 2 aromatic heterocycles. The third-order valence-electron chi connectivity index (χ3n) is 18.2. The van der Waals surface area contributed by atoms with Crippen molar-refractivity contribution in [2.75, 3.05) is 43.4 Å². The predicted octanol–water partition coefficient (Wildman–Crippen LogP) is 20.4. The van der Waals surface area contributed by atoms with Gasteiger partial charge in [0.25, 0.3) is 45.9 Å². The van der Waals surface area contributed by atoms with E-state index in [4.69, 9.17) is 76.6 Å². The summed E-state index contributed by atoms with van der Waals surface area (Å²) in [5.74, 6) is -1.35. The lowest BCUT2D eigenvalue weighted by Crippen LogP contribution is -2.28. The first-order chi connectivity index (χ1) is 69.3. The summed E-state index contributed by atoms with van der Waals surface area (Å²) < 4.78 is 9.68. The lowest BCUT2D eigenvalue weighted by molar-refractivity contribution is -0.385.